The highest BCUT2D eigenvalue weighted by molar-refractivity contribution is 7.99. The van der Waals surface area contributed by atoms with E-state index in [9.17, 15) is 14.3 Å². The maximum absolute atomic E-state index is 14.5. The van der Waals surface area contributed by atoms with E-state index in [-0.39, 0.29) is 18.2 Å². The Morgan fingerprint density at radius 2 is 1.76 bits per heavy atom. The second kappa shape index (κ2) is 10.6. The van der Waals surface area contributed by atoms with Crippen LogP contribution in [-0.4, -0.2) is 44.1 Å². The lowest BCUT2D eigenvalue weighted by Crippen LogP contribution is -2.20. The van der Waals surface area contributed by atoms with Crippen LogP contribution < -0.4 is 4.74 Å². The van der Waals surface area contributed by atoms with Gasteiger partial charge in [-0.2, -0.15) is 0 Å². The third kappa shape index (κ3) is 5.52. The van der Waals surface area contributed by atoms with Gasteiger partial charge in [0.1, 0.15) is 18.2 Å². The lowest BCUT2D eigenvalue weighted by Gasteiger charge is -2.14. The van der Waals surface area contributed by atoms with Crippen LogP contribution in [0, 0.1) is 12.7 Å². The number of thioether (sulfide) groups is 1. The average Bonchev–Trinajstić information content (AvgIpc) is 3.26. The maximum atomic E-state index is 14.5. The van der Waals surface area contributed by atoms with Gasteiger partial charge in [-0.15, -0.1) is 10.2 Å². The molecular formula is C26H24FN3O3S. The number of halogens is 1. The molecule has 0 aliphatic carbocycles. The molecule has 174 valence electrons. The van der Waals surface area contributed by atoms with Crippen LogP contribution in [0.4, 0.5) is 4.39 Å². The Balaban J connectivity index is 1.49. The third-order valence-electron chi connectivity index (χ3n) is 5.15. The molecule has 0 amide bonds. The van der Waals surface area contributed by atoms with E-state index in [0.29, 0.717) is 33.6 Å². The molecule has 6 nitrogen and oxygen atoms in total. The fraction of sp³-hybridized carbons (Fsp3) is 0.192. The topological polar surface area (TPSA) is 77.2 Å². The first kappa shape index (κ1) is 23.7. The summed E-state index contributed by atoms with van der Waals surface area (Å²) in [7, 11) is 0. The van der Waals surface area contributed by atoms with Crippen molar-refractivity contribution < 1.29 is 19.0 Å². The van der Waals surface area contributed by atoms with Gasteiger partial charge in [0.15, 0.2) is 16.8 Å². The van der Waals surface area contributed by atoms with Gasteiger partial charge in [-0.3, -0.25) is 9.36 Å². The number of benzene rings is 3. The molecular weight excluding hydrogens is 453 g/mol. The fourth-order valence-electron chi connectivity index (χ4n) is 3.30. The number of aryl methyl sites for hydroxylation is 1. The quantitative estimate of drug-likeness (QED) is 0.266. The maximum Gasteiger partial charge on any atom is 0.196 e. The predicted octanol–water partition coefficient (Wildman–Crippen LogP) is 5.12. The van der Waals surface area contributed by atoms with Gasteiger partial charge in [0.05, 0.1) is 11.7 Å². The van der Waals surface area contributed by atoms with E-state index in [1.807, 2.05) is 31.2 Å². The number of aliphatic hydroxyl groups excluding tert-OH is 1. The van der Waals surface area contributed by atoms with Gasteiger partial charge in [-0.25, -0.2) is 4.39 Å². The molecule has 0 bridgehead atoms. The fourth-order valence-corrected chi connectivity index (χ4v) is 4.16. The Morgan fingerprint density at radius 1 is 1.06 bits per heavy atom. The molecule has 1 unspecified atom stereocenters. The van der Waals surface area contributed by atoms with Crippen molar-refractivity contribution in [1.29, 1.82) is 0 Å². The van der Waals surface area contributed by atoms with Crippen LogP contribution in [0.25, 0.3) is 17.1 Å². The molecule has 3 aromatic carbocycles. The SMILES string of the molecule is CC(=O)c1ccc(OCC(O)CSc2nnc(-c3ccccc3F)n2-c2ccc(C)cc2)cc1. The van der Waals surface area contributed by atoms with Crippen LogP contribution >= 0.6 is 11.8 Å². The largest absolute Gasteiger partial charge is 0.491 e. The number of hydrogen-bond donors (Lipinski definition) is 1. The summed E-state index contributed by atoms with van der Waals surface area (Å²) in [4.78, 5) is 11.4. The van der Waals surface area contributed by atoms with E-state index in [4.69, 9.17) is 4.74 Å². The number of hydrogen-bond acceptors (Lipinski definition) is 6. The number of ether oxygens (including phenoxy) is 1. The van der Waals surface area contributed by atoms with Crippen LogP contribution in [0.2, 0.25) is 0 Å². The number of nitrogens with zero attached hydrogens (tertiary/aromatic N) is 3. The smallest absolute Gasteiger partial charge is 0.196 e. The molecule has 0 aliphatic rings. The van der Waals surface area contributed by atoms with Crippen LogP contribution in [0.5, 0.6) is 5.75 Å². The molecule has 0 saturated carbocycles. The zero-order chi connectivity index (χ0) is 24.1. The first-order valence-electron chi connectivity index (χ1n) is 10.7. The molecule has 1 heterocycles. The normalized spacial score (nSPS) is 11.9. The van der Waals surface area contributed by atoms with Crippen molar-refractivity contribution in [3.63, 3.8) is 0 Å². The molecule has 0 radical (unpaired) electrons. The van der Waals surface area contributed by atoms with Crippen LogP contribution in [0.1, 0.15) is 22.8 Å². The molecule has 0 aliphatic heterocycles. The minimum Gasteiger partial charge on any atom is -0.491 e. The first-order chi connectivity index (χ1) is 16.4. The summed E-state index contributed by atoms with van der Waals surface area (Å²) >= 11 is 1.31. The standard InChI is InChI=1S/C26H24FN3O3S/c1-17-7-11-20(12-8-17)30-25(23-5-3-4-6-24(23)27)28-29-26(30)34-16-21(32)15-33-22-13-9-19(10-14-22)18(2)31/h3-14,21,32H,15-16H2,1-2H3. The van der Waals surface area contributed by atoms with Crippen LogP contribution in [0.15, 0.2) is 78.0 Å². The zero-order valence-electron chi connectivity index (χ0n) is 18.8. The van der Waals surface area contributed by atoms with Gasteiger partial charge in [-0.05, 0) is 62.4 Å². The molecule has 0 spiro atoms. The summed E-state index contributed by atoms with van der Waals surface area (Å²) < 4.78 is 22.0. The van der Waals surface area contributed by atoms with E-state index < -0.39 is 6.10 Å². The van der Waals surface area contributed by atoms with Crippen LogP contribution in [0.3, 0.4) is 0 Å². The van der Waals surface area contributed by atoms with Gasteiger partial charge in [0.25, 0.3) is 0 Å². The Labute approximate surface area is 201 Å². The Bertz CT molecular complexity index is 1270. The van der Waals surface area contributed by atoms with Gasteiger partial charge in [-0.1, -0.05) is 41.6 Å². The van der Waals surface area contributed by atoms with Crippen molar-refractivity contribution in [3.8, 4) is 22.8 Å². The number of ketones is 1. The number of Topliss-reactive ketones (excluding diaryl/α,β-unsaturated/α-hetero) is 1. The predicted molar refractivity (Wildman–Crippen MR) is 130 cm³/mol. The molecule has 0 saturated heterocycles. The van der Waals surface area contributed by atoms with Crippen LogP contribution in [-0.2, 0) is 0 Å². The van der Waals surface area contributed by atoms with Crippen molar-refractivity contribution in [3.05, 3.63) is 89.7 Å². The highest BCUT2D eigenvalue weighted by Gasteiger charge is 2.19. The Hall–Kier alpha value is -3.49. The molecule has 4 rings (SSSR count). The first-order valence-corrected chi connectivity index (χ1v) is 11.7. The summed E-state index contributed by atoms with van der Waals surface area (Å²) in [6, 6.07) is 21.0. The second-order valence-electron chi connectivity index (χ2n) is 7.81. The number of aliphatic hydroxyl groups is 1. The third-order valence-corrected chi connectivity index (χ3v) is 6.22. The van der Waals surface area contributed by atoms with Crippen molar-refractivity contribution in [2.75, 3.05) is 12.4 Å². The number of carbonyl (C=O) groups is 1. The average molecular weight is 478 g/mol. The highest BCUT2D eigenvalue weighted by Crippen LogP contribution is 2.30. The monoisotopic (exact) mass is 477 g/mol. The summed E-state index contributed by atoms with van der Waals surface area (Å²) in [5.41, 5.74) is 2.85. The summed E-state index contributed by atoms with van der Waals surface area (Å²) in [5, 5.41) is 19.5. The minimum atomic E-state index is -0.780. The molecule has 0 fully saturated rings. The Morgan fingerprint density at radius 3 is 2.44 bits per heavy atom. The van der Waals surface area contributed by atoms with E-state index in [2.05, 4.69) is 10.2 Å². The molecule has 34 heavy (non-hydrogen) atoms. The van der Waals surface area contributed by atoms with Gasteiger partial charge in [0.2, 0.25) is 0 Å². The molecule has 1 atom stereocenters. The summed E-state index contributed by atoms with van der Waals surface area (Å²) in [6.45, 7) is 3.57. The lowest BCUT2D eigenvalue weighted by molar-refractivity contribution is 0.101. The zero-order valence-corrected chi connectivity index (χ0v) is 19.6. The van der Waals surface area contributed by atoms with E-state index >= 15 is 0 Å². The van der Waals surface area contributed by atoms with E-state index in [0.717, 1.165) is 11.3 Å². The number of carbonyl (C=O) groups excluding carboxylic acids is 1. The molecule has 1 N–H and O–H groups in total. The van der Waals surface area contributed by atoms with Gasteiger partial charge >= 0.3 is 0 Å². The molecule has 1 aromatic heterocycles. The number of rotatable bonds is 9. The van der Waals surface area contributed by atoms with E-state index in [1.54, 1.807) is 47.0 Å². The molecule has 4 aromatic rings. The summed E-state index contributed by atoms with van der Waals surface area (Å²) in [5.74, 6) is 0.853. The molecule has 8 heteroatoms. The van der Waals surface area contributed by atoms with Crippen molar-refractivity contribution in [1.82, 2.24) is 14.8 Å². The van der Waals surface area contributed by atoms with Crippen molar-refractivity contribution >= 4 is 17.5 Å². The second-order valence-corrected chi connectivity index (χ2v) is 8.80. The minimum absolute atomic E-state index is 0.0181. The number of aromatic nitrogens is 3. The van der Waals surface area contributed by atoms with Crippen molar-refractivity contribution in [2.24, 2.45) is 0 Å². The highest BCUT2D eigenvalue weighted by atomic mass is 32.2. The van der Waals surface area contributed by atoms with E-state index in [1.165, 1.54) is 24.8 Å². The van der Waals surface area contributed by atoms with Gasteiger partial charge < -0.3 is 9.84 Å². The van der Waals surface area contributed by atoms with Gasteiger partial charge in [0, 0.05) is 17.0 Å². The Kier molecular flexibility index (Phi) is 7.40. The lowest BCUT2D eigenvalue weighted by atomic mass is 10.1. The summed E-state index contributed by atoms with van der Waals surface area (Å²) in [6.07, 6.45) is -0.780. The van der Waals surface area contributed by atoms with Crippen molar-refractivity contribution in [2.45, 2.75) is 25.1 Å².